The number of alkyl halides is 3. The van der Waals surface area contributed by atoms with E-state index in [9.17, 15) is 18.0 Å². The molecule has 1 N–H and O–H groups in total. The molecule has 1 amide bonds. The molecule has 152 valence electrons. The summed E-state index contributed by atoms with van der Waals surface area (Å²) in [6.45, 7) is 2.74. The lowest BCUT2D eigenvalue weighted by molar-refractivity contribution is -0.144. The van der Waals surface area contributed by atoms with Gasteiger partial charge in [0.05, 0.1) is 11.8 Å². The van der Waals surface area contributed by atoms with Crippen LogP contribution in [0.4, 0.5) is 19.0 Å². The van der Waals surface area contributed by atoms with Crippen LogP contribution in [0, 0.1) is 6.92 Å². The molecule has 1 aromatic carbocycles. The molecule has 0 bridgehead atoms. The normalized spacial score (nSPS) is 15.7. The fraction of sp³-hybridized carbons (Fsp3) is 0.350. The molecule has 3 heterocycles. The molecule has 1 aliphatic rings. The first-order valence-corrected chi connectivity index (χ1v) is 9.27. The first-order chi connectivity index (χ1) is 13.8. The van der Waals surface area contributed by atoms with Crippen molar-refractivity contribution in [3.63, 3.8) is 0 Å². The number of furan rings is 1. The second-order valence-electron chi connectivity index (χ2n) is 7.05. The summed E-state index contributed by atoms with van der Waals surface area (Å²) >= 11 is 0. The molecule has 0 unspecified atom stereocenters. The predicted molar refractivity (Wildman–Crippen MR) is 101 cm³/mol. The number of halogens is 3. The van der Waals surface area contributed by atoms with Crippen molar-refractivity contribution in [1.82, 2.24) is 15.3 Å². The first-order valence-electron chi connectivity index (χ1n) is 9.27. The number of benzene rings is 1. The molecule has 3 aromatic rings. The summed E-state index contributed by atoms with van der Waals surface area (Å²) in [6.07, 6.45) is -1.98. The van der Waals surface area contributed by atoms with Crippen LogP contribution < -0.4 is 10.2 Å². The maximum Gasteiger partial charge on any atom is 0.451 e. The topological polar surface area (TPSA) is 71.3 Å². The van der Waals surface area contributed by atoms with Crippen LogP contribution in [0.1, 0.15) is 34.8 Å². The van der Waals surface area contributed by atoms with Crippen molar-refractivity contribution >= 4 is 22.6 Å². The third-order valence-electron chi connectivity index (χ3n) is 5.03. The van der Waals surface area contributed by atoms with Crippen LogP contribution in [0.25, 0.3) is 10.9 Å². The van der Waals surface area contributed by atoms with Gasteiger partial charge < -0.3 is 14.6 Å². The highest BCUT2D eigenvalue weighted by atomic mass is 19.4. The van der Waals surface area contributed by atoms with Crippen molar-refractivity contribution in [3.05, 3.63) is 53.7 Å². The van der Waals surface area contributed by atoms with Crippen LogP contribution in [-0.4, -0.2) is 35.0 Å². The summed E-state index contributed by atoms with van der Waals surface area (Å²) in [5.41, 5.74) is 1.01. The molecular weight excluding hydrogens is 385 g/mol. The van der Waals surface area contributed by atoms with E-state index in [1.54, 1.807) is 37.3 Å². The summed E-state index contributed by atoms with van der Waals surface area (Å²) in [5.74, 6) is -0.869. The van der Waals surface area contributed by atoms with Crippen molar-refractivity contribution in [2.24, 2.45) is 0 Å². The predicted octanol–water partition coefficient (Wildman–Crippen LogP) is 3.95. The molecule has 0 aliphatic carbocycles. The number of carbonyl (C=O) groups is 1. The molecule has 6 nitrogen and oxygen atoms in total. The Morgan fingerprint density at radius 1 is 1.17 bits per heavy atom. The van der Waals surface area contributed by atoms with E-state index in [-0.39, 0.29) is 29.0 Å². The van der Waals surface area contributed by atoms with Crippen LogP contribution in [0.15, 0.2) is 41.0 Å². The van der Waals surface area contributed by atoms with Crippen LogP contribution in [0.2, 0.25) is 0 Å². The van der Waals surface area contributed by atoms with Crippen molar-refractivity contribution in [2.75, 3.05) is 18.0 Å². The van der Waals surface area contributed by atoms with Crippen LogP contribution in [0.3, 0.4) is 0 Å². The van der Waals surface area contributed by atoms with Crippen molar-refractivity contribution in [3.8, 4) is 0 Å². The Morgan fingerprint density at radius 2 is 1.90 bits per heavy atom. The largest absolute Gasteiger partial charge is 0.459 e. The highest BCUT2D eigenvalue weighted by Gasteiger charge is 2.36. The Labute approximate surface area is 164 Å². The third kappa shape index (κ3) is 3.90. The molecular formula is C20H19F3N4O2. The van der Waals surface area contributed by atoms with E-state index in [0.717, 1.165) is 5.56 Å². The maximum atomic E-state index is 13.2. The van der Waals surface area contributed by atoms with Gasteiger partial charge >= 0.3 is 6.18 Å². The van der Waals surface area contributed by atoms with Gasteiger partial charge in [-0.1, -0.05) is 12.1 Å². The van der Waals surface area contributed by atoms with Crippen LogP contribution in [-0.2, 0) is 6.18 Å². The fourth-order valence-corrected chi connectivity index (χ4v) is 3.52. The Morgan fingerprint density at radius 3 is 2.55 bits per heavy atom. The number of fused-ring (bicyclic) bond motifs is 1. The highest BCUT2D eigenvalue weighted by molar-refractivity contribution is 5.93. The smallest absolute Gasteiger partial charge is 0.451 e. The van der Waals surface area contributed by atoms with Gasteiger partial charge in [-0.15, -0.1) is 0 Å². The Balaban J connectivity index is 1.52. The molecule has 2 aromatic heterocycles. The van der Waals surface area contributed by atoms with E-state index in [1.807, 2.05) is 4.90 Å². The lowest BCUT2D eigenvalue weighted by Crippen LogP contribution is -2.45. The third-order valence-corrected chi connectivity index (χ3v) is 5.03. The lowest BCUT2D eigenvalue weighted by Gasteiger charge is -2.33. The Kier molecular flexibility index (Phi) is 4.89. The zero-order valence-corrected chi connectivity index (χ0v) is 15.7. The molecule has 0 saturated carbocycles. The van der Waals surface area contributed by atoms with Gasteiger partial charge in [0.25, 0.3) is 5.91 Å². The quantitative estimate of drug-likeness (QED) is 0.716. The molecule has 0 atom stereocenters. The maximum absolute atomic E-state index is 13.2. The van der Waals surface area contributed by atoms with E-state index in [1.165, 1.54) is 6.26 Å². The second kappa shape index (κ2) is 7.38. The van der Waals surface area contributed by atoms with E-state index in [4.69, 9.17) is 4.42 Å². The number of nitrogens with zero attached hydrogens (tertiary/aromatic N) is 3. The Bertz CT molecular complexity index is 1040. The minimum atomic E-state index is -4.62. The number of piperidine rings is 1. The average Bonchev–Trinajstić information content (AvgIpc) is 3.13. The van der Waals surface area contributed by atoms with Crippen LogP contribution >= 0.6 is 0 Å². The van der Waals surface area contributed by atoms with Gasteiger partial charge in [0.2, 0.25) is 5.82 Å². The van der Waals surface area contributed by atoms with Gasteiger partial charge in [-0.05, 0) is 38.0 Å². The van der Waals surface area contributed by atoms with Gasteiger partial charge in [0, 0.05) is 30.1 Å². The number of para-hydroxylation sites is 1. The second-order valence-corrected chi connectivity index (χ2v) is 7.05. The first kappa shape index (κ1) is 19.2. The number of rotatable bonds is 3. The van der Waals surface area contributed by atoms with E-state index in [0.29, 0.717) is 31.3 Å². The summed E-state index contributed by atoms with van der Waals surface area (Å²) in [5, 5.41) is 3.51. The van der Waals surface area contributed by atoms with Crippen molar-refractivity contribution in [2.45, 2.75) is 32.0 Å². The lowest BCUT2D eigenvalue weighted by atomic mass is 10.0. The summed E-state index contributed by atoms with van der Waals surface area (Å²) in [6, 6.07) is 8.31. The van der Waals surface area contributed by atoms with Gasteiger partial charge in [-0.2, -0.15) is 13.2 Å². The summed E-state index contributed by atoms with van der Waals surface area (Å²) < 4.78 is 44.9. The SMILES string of the molecule is Cc1ccoc1C(=O)NC1CCN(c2nc(C(F)(F)F)nc3ccccc23)CC1. The average molecular weight is 404 g/mol. The number of aromatic nitrogens is 2. The standard InChI is InChI=1S/C20H19F3N4O2/c1-12-8-11-29-16(12)18(28)24-13-6-9-27(10-7-13)17-14-4-2-3-5-15(14)25-19(26-17)20(21,22)23/h2-5,8,11,13H,6-7,9-10H2,1H3,(H,24,28). The van der Waals surface area contributed by atoms with Gasteiger partial charge in [-0.3, -0.25) is 4.79 Å². The monoisotopic (exact) mass is 404 g/mol. The summed E-state index contributed by atoms with van der Waals surface area (Å²) in [7, 11) is 0. The molecule has 1 fully saturated rings. The molecule has 0 radical (unpaired) electrons. The van der Waals surface area contributed by atoms with E-state index < -0.39 is 12.0 Å². The van der Waals surface area contributed by atoms with Gasteiger partial charge in [-0.25, -0.2) is 9.97 Å². The number of anilines is 1. The molecule has 1 saturated heterocycles. The minimum absolute atomic E-state index is 0.0848. The highest BCUT2D eigenvalue weighted by Crippen LogP contribution is 2.32. The van der Waals surface area contributed by atoms with E-state index >= 15 is 0 Å². The number of nitrogens with one attached hydrogen (secondary N) is 1. The number of aryl methyl sites for hydroxylation is 1. The molecule has 4 rings (SSSR count). The minimum Gasteiger partial charge on any atom is -0.459 e. The number of hydrogen-bond acceptors (Lipinski definition) is 5. The fourth-order valence-electron chi connectivity index (χ4n) is 3.52. The zero-order chi connectivity index (χ0) is 20.6. The molecule has 1 aliphatic heterocycles. The molecule has 29 heavy (non-hydrogen) atoms. The van der Waals surface area contributed by atoms with Crippen molar-refractivity contribution in [1.29, 1.82) is 0 Å². The Hall–Kier alpha value is -3.10. The van der Waals surface area contributed by atoms with Gasteiger partial charge in [0.1, 0.15) is 5.82 Å². The van der Waals surface area contributed by atoms with Crippen molar-refractivity contribution < 1.29 is 22.4 Å². The zero-order valence-electron chi connectivity index (χ0n) is 15.7. The number of hydrogen-bond donors (Lipinski definition) is 1. The number of carbonyl (C=O) groups excluding carboxylic acids is 1. The van der Waals surface area contributed by atoms with E-state index in [2.05, 4.69) is 15.3 Å². The number of amides is 1. The van der Waals surface area contributed by atoms with Gasteiger partial charge in [0.15, 0.2) is 5.76 Å². The molecule has 9 heteroatoms. The summed E-state index contributed by atoms with van der Waals surface area (Å²) in [4.78, 5) is 21.6. The van der Waals surface area contributed by atoms with Crippen LogP contribution in [0.5, 0.6) is 0 Å². The molecule has 0 spiro atoms.